The molecule has 0 aliphatic heterocycles. The lowest BCUT2D eigenvalue weighted by Gasteiger charge is -2.18. The van der Waals surface area contributed by atoms with Crippen molar-refractivity contribution in [3.8, 4) is 46.3 Å². The Labute approximate surface area is 515 Å². The molecule has 0 spiro atoms. The molecule has 1 atom stereocenters. The molecule has 0 N–H and O–H groups in total. The lowest BCUT2D eigenvalue weighted by Crippen LogP contribution is -2.11. The van der Waals surface area contributed by atoms with Crippen LogP contribution in [0, 0.1) is 0 Å². The van der Waals surface area contributed by atoms with Gasteiger partial charge in [0.05, 0.1) is 75.6 Å². The number of hydrogen-bond donors (Lipinski definition) is 0. The summed E-state index contributed by atoms with van der Waals surface area (Å²) in [5.41, 5.74) is 16.4. The highest BCUT2D eigenvalue weighted by Crippen LogP contribution is 2.49. The van der Waals surface area contributed by atoms with Crippen molar-refractivity contribution < 1.29 is 0 Å². The zero-order chi connectivity index (χ0) is 58.2. The number of thiophene rings is 2. The molecule has 12 heteroatoms. The SMILES string of the molecule is CC1CC=Cc2sc3c4ccccc4n(-c4cc(-n5c6ccccc6c6c5c5ccccc5n6-c5ccccc5)nc(-c5nc(-n6c7ccccc7c7sc8ccccc8c76)cc(-n6c7ccccc7c7c6c6ccccc6n7-c6ccccc6)n5)n4)c3c21. The van der Waals surface area contributed by atoms with Gasteiger partial charge in [0.2, 0.25) is 11.6 Å². The molecule has 20 rings (SSSR count). The molecule has 89 heavy (non-hydrogen) atoms. The molecule has 1 unspecified atom stereocenters. The van der Waals surface area contributed by atoms with Gasteiger partial charge in [0, 0.05) is 70.8 Å². The van der Waals surface area contributed by atoms with Gasteiger partial charge in [-0.1, -0.05) is 177 Å². The molecule has 9 aromatic carbocycles. The summed E-state index contributed by atoms with van der Waals surface area (Å²) in [5, 5.41) is 7.94. The smallest absolute Gasteiger partial charge is 0.201 e. The van der Waals surface area contributed by atoms with Gasteiger partial charge in [-0.25, -0.2) is 19.9 Å². The fourth-order valence-electron chi connectivity index (χ4n) is 14.9. The summed E-state index contributed by atoms with van der Waals surface area (Å²) >= 11 is 3.70. The Kier molecular flexibility index (Phi) is 10.1. The minimum absolute atomic E-state index is 0.287. The van der Waals surface area contributed by atoms with Gasteiger partial charge < -0.3 is 9.13 Å². The topological polar surface area (TPSA) is 81.1 Å². The van der Waals surface area contributed by atoms with Crippen LogP contribution in [0.4, 0.5) is 0 Å². The van der Waals surface area contributed by atoms with Crippen LogP contribution in [-0.4, -0.2) is 47.3 Å². The van der Waals surface area contributed by atoms with Crippen LogP contribution in [0.1, 0.15) is 29.7 Å². The molecule has 19 aromatic rings. The molecule has 0 saturated carbocycles. The molecule has 10 aromatic heterocycles. The van der Waals surface area contributed by atoms with Crippen LogP contribution in [0.2, 0.25) is 0 Å². The number of nitrogens with zero attached hydrogens (tertiary/aromatic N) is 10. The van der Waals surface area contributed by atoms with Crippen molar-refractivity contribution >= 4 is 147 Å². The van der Waals surface area contributed by atoms with Crippen LogP contribution in [0.5, 0.6) is 0 Å². The van der Waals surface area contributed by atoms with Crippen LogP contribution in [0.3, 0.4) is 0 Å². The third kappa shape index (κ3) is 6.78. The van der Waals surface area contributed by atoms with Crippen LogP contribution in [0.15, 0.2) is 249 Å². The summed E-state index contributed by atoms with van der Waals surface area (Å²) in [7, 11) is 0. The predicted octanol–water partition coefficient (Wildman–Crippen LogP) is 20.0. The lowest BCUT2D eigenvalue weighted by molar-refractivity contribution is 0.779. The van der Waals surface area contributed by atoms with Crippen molar-refractivity contribution in [3.05, 3.63) is 259 Å². The van der Waals surface area contributed by atoms with Gasteiger partial charge in [0.15, 0.2) is 0 Å². The summed E-state index contributed by atoms with van der Waals surface area (Å²) in [6.07, 6.45) is 5.60. The summed E-state index contributed by atoms with van der Waals surface area (Å²) in [5.74, 6) is 3.88. The standard InChI is InChI=1S/C77H48N10S2/c1-45-23-22-42-62-67(45)73-75(89-62)53-33-13-20-40-60(53)87(73)66-44-64(85-58-38-18-11-31-51(58)69-71(85)49-29-9-16-36-56(49)83(69)47-26-6-3-7-27-47)79-77(81-66)76-78-63(43-65(80-76)86-59-39-19-12-32-52(59)74-72(86)54-34-14-21-41-61(54)88-74)84-57-37-17-10-30-50(57)68-70(84)48-28-8-15-35-55(48)82(68)46-24-4-2-5-25-46/h2-22,24-45H,23H2,1H3. The van der Waals surface area contributed by atoms with Gasteiger partial charge in [-0.15, -0.1) is 22.7 Å². The highest BCUT2D eigenvalue weighted by molar-refractivity contribution is 7.26. The van der Waals surface area contributed by atoms with E-state index in [0.29, 0.717) is 29.1 Å². The number of benzene rings is 9. The monoisotopic (exact) mass is 1180 g/mol. The van der Waals surface area contributed by atoms with Crippen molar-refractivity contribution in [2.45, 2.75) is 19.3 Å². The van der Waals surface area contributed by atoms with E-state index in [9.17, 15) is 0 Å². The average molecular weight is 1180 g/mol. The van der Waals surface area contributed by atoms with Crippen LogP contribution in [-0.2, 0) is 0 Å². The third-order valence-electron chi connectivity index (χ3n) is 18.5. The Balaban J connectivity index is 0.958. The minimum Gasteiger partial charge on any atom is -0.307 e. The molecule has 418 valence electrons. The van der Waals surface area contributed by atoms with E-state index in [4.69, 9.17) is 19.9 Å². The molecule has 0 radical (unpaired) electrons. The second-order valence-corrected chi connectivity index (χ2v) is 25.5. The molecule has 0 saturated heterocycles. The lowest BCUT2D eigenvalue weighted by atomic mass is 9.93. The fourth-order valence-corrected chi connectivity index (χ4v) is 17.5. The number of hydrogen-bond acceptors (Lipinski definition) is 6. The Bertz CT molecular complexity index is 6220. The molecule has 10 heterocycles. The summed E-state index contributed by atoms with van der Waals surface area (Å²) in [6.45, 7) is 2.36. The largest absolute Gasteiger partial charge is 0.307 e. The molecule has 1 aliphatic carbocycles. The molecule has 0 fully saturated rings. The van der Waals surface area contributed by atoms with Crippen molar-refractivity contribution in [2.75, 3.05) is 0 Å². The van der Waals surface area contributed by atoms with Crippen LogP contribution in [0.25, 0.3) is 170 Å². The average Bonchev–Trinajstić information content (AvgIpc) is 1.60. The highest BCUT2D eigenvalue weighted by atomic mass is 32.1. The van der Waals surface area contributed by atoms with E-state index >= 15 is 0 Å². The van der Waals surface area contributed by atoms with Gasteiger partial charge in [-0.05, 0) is 90.7 Å². The van der Waals surface area contributed by atoms with E-state index < -0.39 is 0 Å². The number of para-hydroxylation sites is 8. The van der Waals surface area contributed by atoms with E-state index in [1.54, 1.807) is 0 Å². The number of allylic oxidation sites excluding steroid dienone is 1. The van der Waals surface area contributed by atoms with Gasteiger partial charge >= 0.3 is 0 Å². The van der Waals surface area contributed by atoms with E-state index in [1.165, 1.54) is 35.4 Å². The van der Waals surface area contributed by atoms with Crippen molar-refractivity contribution in [1.82, 2.24) is 47.3 Å². The molecule has 0 bridgehead atoms. The van der Waals surface area contributed by atoms with Gasteiger partial charge in [0.25, 0.3) is 0 Å². The van der Waals surface area contributed by atoms with Crippen molar-refractivity contribution in [1.29, 1.82) is 0 Å². The summed E-state index contributed by atoms with van der Waals surface area (Å²) in [4.78, 5) is 24.8. The summed E-state index contributed by atoms with van der Waals surface area (Å²) < 4.78 is 18.0. The molecule has 1 aliphatic rings. The van der Waals surface area contributed by atoms with E-state index in [-0.39, 0.29) is 5.92 Å². The fraction of sp³-hybridized carbons (Fsp3) is 0.0390. The van der Waals surface area contributed by atoms with Gasteiger partial charge in [0.1, 0.15) is 23.3 Å². The second kappa shape index (κ2) is 18.4. The zero-order valence-corrected chi connectivity index (χ0v) is 49.5. The first-order valence-electron chi connectivity index (χ1n) is 30.2. The number of aromatic nitrogens is 10. The van der Waals surface area contributed by atoms with Crippen LogP contribution >= 0.6 is 22.7 Å². The second-order valence-electron chi connectivity index (χ2n) is 23.4. The van der Waals surface area contributed by atoms with E-state index in [1.807, 2.05) is 22.7 Å². The van der Waals surface area contributed by atoms with Crippen molar-refractivity contribution in [3.63, 3.8) is 0 Å². The van der Waals surface area contributed by atoms with Gasteiger partial charge in [-0.3, -0.25) is 18.3 Å². The quantitative estimate of drug-likeness (QED) is 0.159. The first-order valence-corrected chi connectivity index (χ1v) is 31.8. The van der Waals surface area contributed by atoms with E-state index in [2.05, 4.69) is 289 Å². The maximum atomic E-state index is 5.90. The first kappa shape index (κ1) is 49.0. The Morgan fingerprint density at radius 1 is 0.326 bits per heavy atom. The molecular weight excluding hydrogens is 1130 g/mol. The normalized spacial score (nSPS) is 13.7. The maximum Gasteiger partial charge on any atom is 0.201 e. The van der Waals surface area contributed by atoms with E-state index in [0.717, 1.165) is 117 Å². The Hall–Kier alpha value is -11.2. The number of fused-ring (bicyclic) bond motifs is 20. The molecule has 10 nitrogen and oxygen atoms in total. The first-order chi connectivity index (χ1) is 44.1. The molecule has 0 amide bonds. The predicted molar refractivity (Wildman–Crippen MR) is 369 cm³/mol. The Morgan fingerprint density at radius 3 is 1.12 bits per heavy atom. The minimum atomic E-state index is 0.287. The Morgan fingerprint density at radius 2 is 0.663 bits per heavy atom. The summed E-state index contributed by atoms with van der Waals surface area (Å²) in [6, 6.07) is 87.1. The highest BCUT2D eigenvalue weighted by Gasteiger charge is 2.31. The van der Waals surface area contributed by atoms with Crippen LogP contribution < -0.4 is 0 Å². The maximum absolute atomic E-state index is 5.90. The van der Waals surface area contributed by atoms with Gasteiger partial charge in [-0.2, -0.15) is 0 Å². The zero-order valence-electron chi connectivity index (χ0n) is 47.8. The molecular formula is C77H48N10S2. The third-order valence-corrected chi connectivity index (χ3v) is 20.9. The van der Waals surface area contributed by atoms with Crippen molar-refractivity contribution in [2.24, 2.45) is 0 Å². The number of rotatable bonds is 7.